The summed E-state index contributed by atoms with van der Waals surface area (Å²) >= 11 is 0. The zero-order valence-corrected chi connectivity index (χ0v) is 9.68. The van der Waals surface area contributed by atoms with Crippen molar-refractivity contribution in [2.45, 2.75) is 25.5 Å². The predicted molar refractivity (Wildman–Crippen MR) is 62.6 cm³/mol. The lowest BCUT2D eigenvalue weighted by Crippen LogP contribution is -2.48. The summed E-state index contributed by atoms with van der Waals surface area (Å²) in [5.41, 5.74) is 6.02. The van der Waals surface area contributed by atoms with Crippen LogP contribution in [0.3, 0.4) is 0 Å². The van der Waals surface area contributed by atoms with Gasteiger partial charge in [-0.1, -0.05) is 12.1 Å². The van der Waals surface area contributed by atoms with E-state index in [1.165, 1.54) is 11.0 Å². The molecule has 98 valence electrons. The largest absolute Gasteiger partial charge is 0.433 e. The molecule has 2 rings (SSSR count). The number of para-hydroxylation sites is 2. The van der Waals surface area contributed by atoms with Crippen molar-refractivity contribution < 1.29 is 18.3 Å². The number of amides is 1. The molecule has 4 nitrogen and oxygen atoms in total. The molecule has 1 saturated heterocycles. The van der Waals surface area contributed by atoms with Gasteiger partial charge in [-0.15, -0.1) is 0 Å². The maximum absolute atomic E-state index is 12.3. The van der Waals surface area contributed by atoms with Crippen molar-refractivity contribution in [2.24, 2.45) is 5.73 Å². The molecule has 1 aliphatic rings. The van der Waals surface area contributed by atoms with Gasteiger partial charge in [-0.25, -0.2) is 0 Å². The fraction of sp³-hybridized carbons (Fsp3) is 0.417. The summed E-state index contributed by atoms with van der Waals surface area (Å²) in [4.78, 5) is 13.3. The summed E-state index contributed by atoms with van der Waals surface area (Å²) in [7, 11) is 0. The molecule has 0 saturated carbocycles. The average molecular weight is 256 g/mol. The number of piperidine rings is 1. The van der Waals surface area contributed by atoms with E-state index in [0.717, 1.165) is 6.42 Å². The third-order valence-corrected chi connectivity index (χ3v) is 2.85. The van der Waals surface area contributed by atoms with Crippen LogP contribution in [0.25, 0.3) is 0 Å². The van der Waals surface area contributed by atoms with Crippen LogP contribution in [0.5, 0.6) is 5.75 Å². The molecule has 0 radical (unpaired) electrons. The first kappa shape index (κ1) is 12.8. The van der Waals surface area contributed by atoms with Gasteiger partial charge < -0.3 is 15.4 Å². The number of hydrogen-bond donors (Lipinski definition) is 1. The van der Waals surface area contributed by atoms with Gasteiger partial charge in [0.15, 0.2) is 0 Å². The maximum atomic E-state index is 12.3. The maximum Gasteiger partial charge on any atom is 0.387 e. The van der Waals surface area contributed by atoms with Crippen LogP contribution in [0.4, 0.5) is 14.5 Å². The highest BCUT2D eigenvalue weighted by atomic mass is 19.3. The number of carbonyl (C=O) groups excluding carboxylic acids is 1. The molecule has 1 unspecified atom stereocenters. The normalized spacial score (nSPS) is 20.3. The smallest absolute Gasteiger partial charge is 0.387 e. The Kier molecular flexibility index (Phi) is 3.76. The number of rotatable bonds is 3. The van der Waals surface area contributed by atoms with Gasteiger partial charge in [0, 0.05) is 6.54 Å². The highest BCUT2D eigenvalue weighted by molar-refractivity contribution is 5.98. The standard InChI is InChI=1S/C12H14F2N2O2/c13-12(14)18-10-6-2-1-5-9(10)16-7-3-4-8(15)11(16)17/h1-2,5-6,8,12H,3-4,7,15H2. The molecule has 1 aromatic rings. The van der Waals surface area contributed by atoms with Crippen LogP contribution in [0.2, 0.25) is 0 Å². The Morgan fingerprint density at radius 3 is 2.83 bits per heavy atom. The molecule has 0 aromatic heterocycles. The highest BCUT2D eigenvalue weighted by Gasteiger charge is 2.28. The van der Waals surface area contributed by atoms with Crippen molar-refractivity contribution in [2.75, 3.05) is 11.4 Å². The number of nitrogens with two attached hydrogens (primary N) is 1. The van der Waals surface area contributed by atoms with E-state index >= 15 is 0 Å². The van der Waals surface area contributed by atoms with Crippen molar-refractivity contribution in [1.82, 2.24) is 0 Å². The van der Waals surface area contributed by atoms with Gasteiger partial charge in [-0.05, 0) is 25.0 Å². The second-order valence-corrected chi connectivity index (χ2v) is 4.08. The number of alkyl halides is 2. The van der Waals surface area contributed by atoms with Gasteiger partial charge in [0.2, 0.25) is 5.91 Å². The van der Waals surface area contributed by atoms with Crippen LogP contribution in [0.1, 0.15) is 12.8 Å². The van der Waals surface area contributed by atoms with Gasteiger partial charge in [-0.3, -0.25) is 4.79 Å². The summed E-state index contributed by atoms with van der Waals surface area (Å²) < 4.78 is 29.0. The minimum absolute atomic E-state index is 0.00468. The number of nitrogens with zero attached hydrogens (tertiary/aromatic N) is 1. The molecule has 1 aliphatic heterocycles. The SMILES string of the molecule is NC1CCCN(c2ccccc2OC(F)F)C1=O. The Balaban J connectivity index is 2.29. The lowest BCUT2D eigenvalue weighted by atomic mass is 10.0. The van der Waals surface area contributed by atoms with Crippen molar-refractivity contribution in [3.05, 3.63) is 24.3 Å². The second kappa shape index (κ2) is 5.30. The van der Waals surface area contributed by atoms with Crippen LogP contribution >= 0.6 is 0 Å². The lowest BCUT2D eigenvalue weighted by Gasteiger charge is -2.31. The molecule has 1 amide bonds. The van der Waals surface area contributed by atoms with E-state index in [-0.39, 0.29) is 11.7 Å². The minimum atomic E-state index is -2.92. The molecule has 0 bridgehead atoms. The number of ether oxygens (including phenoxy) is 1. The van der Waals surface area contributed by atoms with Gasteiger partial charge in [0.25, 0.3) is 0 Å². The molecular formula is C12H14F2N2O2. The Morgan fingerprint density at radius 2 is 2.11 bits per heavy atom. The number of anilines is 1. The average Bonchev–Trinajstić information content (AvgIpc) is 2.33. The highest BCUT2D eigenvalue weighted by Crippen LogP contribution is 2.31. The topological polar surface area (TPSA) is 55.6 Å². The molecule has 1 aromatic carbocycles. The van der Waals surface area contributed by atoms with Crippen LogP contribution < -0.4 is 15.4 Å². The van der Waals surface area contributed by atoms with Crippen LogP contribution in [-0.2, 0) is 4.79 Å². The first-order chi connectivity index (χ1) is 8.59. The second-order valence-electron chi connectivity index (χ2n) is 4.08. The Morgan fingerprint density at radius 1 is 1.39 bits per heavy atom. The van der Waals surface area contributed by atoms with Crippen molar-refractivity contribution in [1.29, 1.82) is 0 Å². The molecule has 1 atom stereocenters. The summed E-state index contributed by atoms with van der Waals surface area (Å²) in [6, 6.07) is 5.66. The monoisotopic (exact) mass is 256 g/mol. The quantitative estimate of drug-likeness (QED) is 0.896. The zero-order chi connectivity index (χ0) is 13.1. The van der Waals surface area contributed by atoms with E-state index in [1.54, 1.807) is 18.2 Å². The molecule has 0 spiro atoms. The lowest BCUT2D eigenvalue weighted by molar-refractivity contribution is -0.121. The molecule has 2 N–H and O–H groups in total. The summed E-state index contributed by atoms with van der Waals surface area (Å²) in [5.74, 6) is -0.262. The van der Waals surface area contributed by atoms with Gasteiger partial charge in [-0.2, -0.15) is 8.78 Å². The molecule has 18 heavy (non-hydrogen) atoms. The molecule has 1 heterocycles. The summed E-state index contributed by atoms with van der Waals surface area (Å²) in [6.07, 6.45) is 1.36. The molecule has 6 heteroatoms. The van der Waals surface area contributed by atoms with E-state index < -0.39 is 12.7 Å². The minimum Gasteiger partial charge on any atom is -0.433 e. The van der Waals surface area contributed by atoms with Gasteiger partial charge >= 0.3 is 6.61 Å². The van der Waals surface area contributed by atoms with E-state index in [0.29, 0.717) is 18.7 Å². The Labute approximate surface area is 103 Å². The van der Waals surface area contributed by atoms with Crippen molar-refractivity contribution in [3.63, 3.8) is 0 Å². The number of hydrogen-bond acceptors (Lipinski definition) is 3. The number of benzene rings is 1. The van der Waals surface area contributed by atoms with E-state index in [9.17, 15) is 13.6 Å². The first-order valence-corrected chi connectivity index (χ1v) is 5.70. The van der Waals surface area contributed by atoms with Crippen molar-refractivity contribution in [3.8, 4) is 5.75 Å². The first-order valence-electron chi connectivity index (χ1n) is 5.70. The summed E-state index contributed by atoms with van der Waals surface area (Å²) in [5, 5.41) is 0. The number of carbonyl (C=O) groups is 1. The predicted octanol–water partition coefficient (Wildman–Crippen LogP) is 1.74. The number of halogens is 2. The fourth-order valence-corrected chi connectivity index (χ4v) is 2.02. The Bertz CT molecular complexity index is 440. The van der Waals surface area contributed by atoms with Gasteiger partial charge in [0.1, 0.15) is 5.75 Å². The van der Waals surface area contributed by atoms with E-state index in [1.807, 2.05) is 0 Å². The third kappa shape index (κ3) is 2.59. The van der Waals surface area contributed by atoms with E-state index in [2.05, 4.69) is 4.74 Å². The fourth-order valence-electron chi connectivity index (χ4n) is 2.02. The van der Waals surface area contributed by atoms with Gasteiger partial charge in [0.05, 0.1) is 11.7 Å². The summed E-state index contributed by atoms with van der Waals surface area (Å²) in [6.45, 7) is -2.45. The van der Waals surface area contributed by atoms with Crippen LogP contribution in [0, 0.1) is 0 Å². The van der Waals surface area contributed by atoms with Crippen LogP contribution in [0.15, 0.2) is 24.3 Å². The zero-order valence-electron chi connectivity index (χ0n) is 9.68. The van der Waals surface area contributed by atoms with E-state index in [4.69, 9.17) is 5.73 Å². The Hall–Kier alpha value is -1.69. The third-order valence-electron chi connectivity index (χ3n) is 2.85. The molecular weight excluding hydrogens is 242 g/mol. The van der Waals surface area contributed by atoms with Crippen LogP contribution in [-0.4, -0.2) is 25.1 Å². The molecule has 0 aliphatic carbocycles. The molecule has 1 fully saturated rings. The van der Waals surface area contributed by atoms with Crippen molar-refractivity contribution >= 4 is 11.6 Å².